The summed E-state index contributed by atoms with van der Waals surface area (Å²) in [6.07, 6.45) is 6.13. The Labute approximate surface area is 286 Å². The highest BCUT2D eigenvalue weighted by Crippen LogP contribution is 2.75. The van der Waals surface area contributed by atoms with Gasteiger partial charge in [0.25, 0.3) is 0 Å². The number of carbonyl (C=O) groups excluding carboxylic acids is 1. The number of hydrogen-bond donors (Lipinski definition) is 6. The largest absolute Gasteiger partial charge is 0.493 e. The maximum Gasteiger partial charge on any atom is 0.227 e. The molecule has 3 aliphatic carbocycles. The zero-order chi connectivity index (χ0) is 34.6. The molecule has 49 heavy (non-hydrogen) atoms. The molecular formula is C36H52F2N4O7. The van der Waals surface area contributed by atoms with Gasteiger partial charge in [-0.25, -0.2) is 8.78 Å². The van der Waals surface area contributed by atoms with Gasteiger partial charge in [0.2, 0.25) is 5.91 Å². The van der Waals surface area contributed by atoms with Crippen molar-refractivity contribution in [3.63, 3.8) is 0 Å². The first kappa shape index (κ1) is 35.2. The zero-order valence-corrected chi connectivity index (χ0v) is 28.5. The number of nitrogens with zero attached hydrogens (tertiary/aromatic N) is 2. The number of amides is 1. The number of hydrogen-bond acceptors (Lipinski definition) is 10. The van der Waals surface area contributed by atoms with Crippen LogP contribution in [-0.4, -0.2) is 131 Å². The maximum absolute atomic E-state index is 15.0. The van der Waals surface area contributed by atoms with E-state index in [0.29, 0.717) is 24.5 Å². The van der Waals surface area contributed by atoms with Crippen molar-refractivity contribution < 1.29 is 43.5 Å². The number of β-amino-alcohol motifs (C(OH)–C–C–N with tert-alkyl or cyclic N) is 1. The number of nitrogens with one attached hydrogen (secondary N) is 2. The summed E-state index contributed by atoms with van der Waals surface area (Å²) in [4.78, 5) is 17.0. The van der Waals surface area contributed by atoms with Crippen LogP contribution in [0.2, 0.25) is 0 Å². The van der Waals surface area contributed by atoms with Crippen molar-refractivity contribution in [3.8, 4) is 5.75 Å². The summed E-state index contributed by atoms with van der Waals surface area (Å²) in [5, 5.41) is 46.3. The van der Waals surface area contributed by atoms with Crippen molar-refractivity contribution in [3.05, 3.63) is 40.5 Å². The molecule has 4 heterocycles. The van der Waals surface area contributed by atoms with Gasteiger partial charge in [-0.2, -0.15) is 0 Å². The maximum atomic E-state index is 15.0. The molecule has 0 radical (unpaired) electrons. The van der Waals surface area contributed by atoms with E-state index in [1.54, 1.807) is 11.1 Å². The summed E-state index contributed by atoms with van der Waals surface area (Å²) >= 11 is 0. The molecule has 5 fully saturated rings. The van der Waals surface area contributed by atoms with Crippen LogP contribution in [0.25, 0.3) is 0 Å². The van der Waals surface area contributed by atoms with Gasteiger partial charge in [0.1, 0.15) is 23.0 Å². The van der Waals surface area contributed by atoms with Crippen molar-refractivity contribution in [2.75, 3.05) is 72.3 Å². The first-order valence-corrected chi connectivity index (χ1v) is 18.1. The van der Waals surface area contributed by atoms with Gasteiger partial charge in [-0.1, -0.05) is 5.57 Å². The minimum Gasteiger partial charge on any atom is -0.493 e. The third kappa shape index (κ3) is 6.11. The molecule has 2 bridgehead atoms. The molecule has 8 rings (SSSR count). The molecule has 1 amide bonds. The van der Waals surface area contributed by atoms with Crippen LogP contribution < -0.4 is 15.4 Å². The van der Waals surface area contributed by atoms with E-state index >= 15 is 0 Å². The molecule has 4 aliphatic heterocycles. The van der Waals surface area contributed by atoms with Crippen molar-refractivity contribution in [1.82, 2.24) is 20.4 Å². The number of piperidine rings is 2. The number of rotatable bonds is 17. The normalized spacial score (nSPS) is 32.2. The third-order valence-electron chi connectivity index (χ3n) is 12.5. The topological polar surface area (TPSA) is 147 Å². The van der Waals surface area contributed by atoms with E-state index in [0.717, 1.165) is 63.9 Å². The van der Waals surface area contributed by atoms with E-state index in [4.69, 9.17) is 9.47 Å². The second-order valence-electron chi connectivity index (χ2n) is 15.5. The predicted molar refractivity (Wildman–Crippen MR) is 176 cm³/mol. The number of carbonyl (C=O) groups is 1. The number of aliphatic hydroxyl groups excluding tert-OH is 3. The summed E-state index contributed by atoms with van der Waals surface area (Å²) < 4.78 is 42.0. The van der Waals surface area contributed by atoms with E-state index in [-0.39, 0.29) is 55.2 Å². The number of aliphatic hydroxyl groups is 4. The second-order valence-corrected chi connectivity index (χ2v) is 15.5. The van der Waals surface area contributed by atoms with Crippen LogP contribution >= 0.6 is 0 Å². The Kier molecular flexibility index (Phi) is 9.62. The van der Waals surface area contributed by atoms with Gasteiger partial charge in [-0.15, -0.1) is 0 Å². The van der Waals surface area contributed by atoms with Crippen LogP contribution in [0.1, 0.15) is 57.4 Å². The Morgan fingerprint density at radius 3 is 2.47 bits per heavy atom. The Morgan fingerprint density at radius 1 is 1.12 bits per heavy atom. The van der Waals surface area contributed by atoms with Gasteiger partial charge in [-0.3, -0.25) is 15.0 Å². The second kappa shape index (κ2) is 13.4. The van der Waals surface area contributed by atoms with Crippen molar-refractivity contribution in [2.45, 2.75) is 81.2 Å². The highest BCUT2D eigenvalue weighted by molar-refractivity contribution is 5.79. The molecule has 272 valence electrons. The predicted octanol–water partition coefficient (Wildman–Crippen LogP) is 1.07. The van der Waals surface area contributed by atoms with E-state index in [2.05, 4.69) is 22.5 Å². The summed E-state index contributed by atoms with van der Waals surface area (Å²) in [5.41, 5.74) is 0.622. The van der Waals surface area contributed by atoms with Gasteiger partial charge < -0.3 is 40.1 Å². The molecule has 0 spiro atoms. The average Bonchev–Trinajstić information content (AvgIpc) is 3.63. The Morgan fingerprint density at radius 2 is 1.82 bits per heavy atom. The molecule has 1 aromatic rings. The fourth-order valence-corrected chi connectivity index (χ4v) is 9.42. The first-order valence-electron chi connectivity index (χ1n) is 18.1. The molecule has 4 saturated heterocycles. The molecule has 4 unspecified atom stereocenters. The minimum absolute atomic E-state index is 0.000510. The van der Waals surface area contributed by atoms with Crippen LogP contribution in [0.15, 0.2) is 23.3 Å². The van der Waals surface area contributed by atoms with Gasteiger partial charge in [-0.05, 0) is 56.9 Å². The van der Waals surface area contributed by atoms with Crippen molar-refractivity contribution in [2.24, 2.45) is 17.3 Å². The van der Waals surface area contributed by atoms with E-state index in [9.17, 15) is 34.0 Å². The number of benzene rings is 1. The molecule has 7 aliphatic rings. The smallest absolute Gasteiger partial charge is 0.227 e. The summed E-state index contributed by atoms with van der Waals surface area (Å²) in [6, 6.07) is 2.72. The zero-order valence-electron chi connectivity index (χ0n) is 28.5. The van der Waals surface area contributed by atoms with Gasteiger partial charge >= 0.3 is 0 Å². The van der Waals surface area contributed by atoms with Gasteiger partial charge in [0, 0.05) is 75.4 Å². The number of ether oxygens (including phenoxy) is 2. The van der Waals surface area contributed by atoms with Crippen molar-refractivity contribution >= 4 is 5.91 Å². The SMILES string of the molecule is CCOC12CC3=C1C3C1(N3CCC(CCCOc4cc(F)c(CC(=O)N5CCC(O)(CNCC(CO)(CO)CO)C5)c(F)c4)CC3)C[C@@H]2N1. The van der Waals surface area contributed by atoms with Crippen LogP contribution in [0.5, 0.6) is 5.75 Å². The highest BCUT2D eigenvalue weighted by atomic mass is 19.1. The summed E-state index contributed by atoms with van der Waals surface area (Å²) in [7, 11) is 0. The summed E-state index contributed by atoms with van der Waals surface area (Å²) in [5.74, 6) is -0.891. The third-order valence-corrected chi connectivity index (χ3v) is 12.5. The molecule has 1 aromatic carbocycles. The van der Waals surface area contributed by atoms with Crippen molar-refractivity contribution in [1.29, 1.82) is 0 Å². The molecule has 5 atom stereocenters. The summed E-state index contributed by atoms with van der Waals surface area (Å²) in [6.45, 7) is 4.37. The van der Waals surface area contributed by atoms with E-state index in [1.165, 1.54) is 11.3 Å². The fraction of sp³-hybridized carbons (Fsp3) is 0.750. The molecule has 13 heteroatoms. The van der Waals surface area contributed by atoms with E-state index < -0.39 is 54.8 Å². The Balaban J connectivity index is 0.817. The lowest BCUT2D eigenvalue weighted by molar-refractivity contribution is -0.156. The lowest BCUT2D eigenvalue weighted by Crippen LogP contribution is -2.81. The molecule has 0 aromatic heterocycles. The van der Waals surface area contributed by atoms with Crippen LogP contribution in [0.3, 0.4) is 0 Å². The molecular weight excluding hydrogens is 638 g/mol. The Hall–Kier alpha value is -2.23. The average molecular weight is 691 g/mol. The van der Waals surface area contributed by atoms with Gasteiger partial charge in [0.15, 0.2) is 0 Å². The first-order chi connectivity index (χ1) is 23.5. The quantitative estimate of drug-likeness (QED) is 0.104. The molecule has 1 saturated carbocycles. The highest BCUT2D eigenvalue weighted by Gasteiger charge is 2.80. The number of likely N-dealkylation sites (tertiary alicyclic amines) is 2. The van der Waals surface area contributed by atoms with Crippen LogP contribution in [-0.2, 0) is 16.0 Å². The van der Waals surface area contributed by atoms with E-state index in [1.807, 2.05) is 0 Å². The lowest BCUT2D eigenvalue weighted by Gasteiger charge is -2.64. The standard InChI is InChI=1S/C36H52F2N4O7/c1-2-49-35-15-26-31(35)32(26)36(16-29(35)40-36)42-8-5-23(6-9-42)4-3-11-48-24-12-27(37)25(28(38)13-24)14-30(46)41-10-7-34(47,19-41)18-39-17-33(20-43,21-44)22-45/h12-13,23,29,32,39-40,43-45,47H,2-11,14-22H2,1H3/t29-,32?,34?,35?,36?/m0/s1. The lowest BCUT2D eigenvalue weighted by atomic mass is 9.66. The van der Waals surface area contributed by atoms with Gasteiger partial charge in [0.05, 0.1) is 56.1 Å². The Bertz CT molecular complexity index is 1410. The van der Waals surface area contributed by atoms with Crippen LogP contribution in [0.4, 0.5) is 8.78 Å². The minimum atomic E-state index is -1.29. The molecule has 11 nitrogen and oxygen atoms in total. The fourth-order valence-electron chi connectivity index (χ4n) is 9.42. The number of halogens is 2. The monoisotopic (exact) mass is 690 g/mol. The molecule has 6 N–H and O–H groups in total. The van der Waals surface area contributed by atoms with Crippen LogP contribution in [0, 0.1) is 28.9 Å².